The first-order chi connectivity index (χ1) is 9.61. The van der Waals surface area contributed by atoms with Crippen molar-refractivity contribution in [3.63, 3.8) is 0 Å². The molecule has 0 radical (unpaired) electrons. The number of aliphatic hydroxyl groups excluding tert-OH is 1. The van der Waals surface area contributed by atoms with Crippen molar-refractivity contribution in [1.82, 2.24) is 5.32 Å². The second-order valence-corrected chi connectivity index (χ2v) is 5.58. The van der Waals surface area contributed by atoms with Gasteiger partial charge in [-0.2, -0.15) is 0 Å². The lowest BCUT2D eigenvalue weighted by atomic mass is 10.1. The van der Waals surface area contributed by atoms with Crippen LogP contribution in [0.4, 0.5) is 0 Å². The van der Waals surface area contributed by atoms with Crippen LogP contribution in [0.3, 0.4) is 0 Å². The van der Waals surface area contributed by atoms with Gasteiger partial charge in [0.2, 0.25) is 0 Å². The summed E-state index contributed by atoms with van der Waals surface area (Å²) in [5.74, 6) is 0.811. The first kappa shape index (κ1) is 17.0. The van der Waals surface area contributed by atoms with Crippen LogP contribution in [0.1, 0.15) is 45.1 Å². The monoisotopic (exact) mass is 279 g/mol. The average molecular weight is 279 g/mol. The number of rotatable bonds is 10. The smallest absolute Gasteiger partial charge is 0.119 e. The third kappa shape index (κ3) is 7.51. The summed E-state index contributed by atoms with van der Waals surface area (Å²) in [6.07, 6.45) is 4.48. The van der Waals surface area contributed by atoms with Gasteiger partial charge in [-0.3, -0.25) is 0 Å². The molecule has 3 heteroatoms. The zero-order valence-electron chi connectivity index (χ0n) is 13.1. The van der Waals surface area contributed by atoms with Crippen LogP contribution < -0.4 is 10.1 Å². The molecule has 20 heavy (non-hydrogen) atoms. The molecule has 0 bridgehead atoms. The van der Waals surface area contributed by atoms with Crippen molar-refractivity contribution in [1.29, 1.82) is 0 Å². The van der Waals surface area contributed by atoms with Gasteiger partial charge in [-0.15, -0.1) is 0 Å². The molecule has 0 aliphatic carbocycles. The molecule has 0 fully saturated rings. The Hall–Kier alpha value is -1.06. The second-order valence-electron chi connectivity index (χ2n) is 5.58. The van der Waals surface area contributed by atoms with Gasteiger partial charge in [-0.25, -0.2) is 0 Å². The summed E-state index contributed by atoms with van der Waals surface area (Å²) in [5, 5.41) is 13.3. The zero-order valence-corrected chi connectivity index (χ0v) is 13.1. The molecule has 0 aliphatic rings. The Morgan fingerprint density at radius 1 is 1.20 bits per heavy atom. The number of unbranched alkanes of at least 4 members (excludes halogenated alkanes) is 2. The van der Waals surface area contributed by atoms with Crippen LogP contribution in [0.15, 0.2) is 24.3 Å². The van der Waals surface area contributed by atoms with Crippen molar-refractivity contribution >= 4 is 0 Å². The van der Waals surface area contributed by atoms with Crippen LogP contribution in [0.5, 0.6) is 5.75 Å². The minimum atomic E-state index is -0.468. The maximum absolute atomic E-state index is 9.90. The van der Waals surface area contributed by atoms with Crippen molar-refractivity contribution in [2.24, 2.45) is 0 Å². The highest BCUT2D eigenvalue weighted by Crippen LogP contribution is 2.11. The Balaban J connectivity index is 2.13. The lowest BCUT2D eigenvalue weighted by molar-refractivity contribution is 0.104. The molecular formula is C17H29NO2. The van der Waals surface area contributed by atoms with E-state index in [9.17, 15) is 5.11 Å². The molecule has 0 heterocycles. The molecule has 0 aromatic heterocycles. The second kappa shape index (κ2) is 9.78. The number of ether oxygens (including phenoxy) is 1. The Kier molecular flexibility index (Phi) is 8.31. The summed E-state index contributed by atoms with van der Waals surface area (Å²) in [6.45, 7) is 7.34. The summed E-state index contributed by atoms with van der Waals surface area (Å²) in [5.41, 5.74) is 1.21. The fourth-order valence-corrected chi connectivity index (χ4v) is 2.03. The minimum absolute atomic E-state index is 0.331. The maximum atomic E-state index is 9.90. The summed E-state index contributed by atoms with van der Waals surface area (Å²) < 4.78 is 5.56. The van der Waals surface area contributed by atoms with E-state index in [-0.39, 0.29) is 0 Å². The molecule has 114 valence electrons. The van der Waals surface area contributed by atoms with Gasteiger partial charge >= 0.3 is 0 Å². The molecule has 1 rings (SSSR count). The van der Waals surface area contributed by atoms with E-state index in [1.165, 1.54) is 31.2 Å². The van der Waals surface area contributed by atoms with E-state index in [0.29, 0.717) is 19.2 Å². The van der Waals surface area contributed by atoms with E-state index in [2.05, 4.69) is 19.2 Å². The maximum Gasteiger partial charge on any atom is 0.119 e. The van der Waals surface area contributed by atoms with Crippen LogP contribution >= 0.6 is 0 Å². The molecule has 0 spiro atoms. The Morgan fingerprint density at radius 3 is 2.55 bits per heavy atom. The Bertz CT molecular complexity index is 351. The zero-order chi connectivity index (χ0) is 14.8. The molecule has 2 atom stereocenters. The van der Waals surface area contributed by atoms with Gasteiger partial charge in [-0.1, -0.05) is 43.9 Å². The lowest BCUT2D eigenvalue weighted by Crippen LogP contribution is -2.36. The fraction of sp³-hybridized carbons (Fsp3) is 0.647. The largest absolute Gasteiger partial charge is 0.491 e. The SMILES string of the molecule is CCCCCC(C)NCC(O)COc1ccc(C)cc1. The van der Waals surface area contributed by atoms with Crippen LogP contribution in [0, 0.1) is 6.92 Å². The van der Waals surface area contributed by atoms with Gasteiger partial charge in [0.1, 0.15) is 18.5 Å². The van der Waals surface area contributed by atoms with Gasteiger partial charge in [0, 0.05) is 12.6 Å². The molecule has 0 saturated heterocycles. The number of aliphatic hydroxyl groups is 1. The van der Waals surface area contributed by atoms with E-state index in [0.717, 1.165) is 5.75 Å². The lowest BCUT2D eigenvalue weighted by Gasteiger charge is -2.17. The Labute approximate surface area is 123 Å². The predicted molar refractivity (Wildman–Crippen MR) is 84.3 cm³/mol. The highest BCUT2D eigenvalue weighted by molar-refractivity contribution is 5.26. The van der Waals surface area contributed by atoms with Crippen molar-refractivity contribution in [2.45, 2.75) is 58.6 Å². The number of nitrogens with one attached hydrogen (secondary N) is 1. The van der Waals surface area contributed by atoms with E-state index < -0.39 is 6.10 Å². The van der Waals surface area contributed by atoms with E-state index in [1.807, 2.05) is 31.2 Å². The fourth-order valence-electron chi connectivity index (χ4n) is 2.03. The molecule has 2 unspecified atom stereocenters. The molecule has 2 N–H and O–H groups in total. The number of hydrogen-bond donors (Lipinski definition) is 2. The van der Waals surface area contributed by atoms with Crippen LogP contribution in [-0.2, 0) is 0 Å². The molecule has 3 nitrogen and oxygen atoms in total. The first-order valence-corrected chi connectivity index (χ1v) is 7.72. The molecule has 0 aliphatic heterocycles. The van der Waals surface area contributed by atoms with E-state index in [1.54, 1.807) is 0 Å². The number of hydrogen-bond acceptors (Lipinski definition) is 3. The summed E-state index contributed by atoms with van der Waals surface area (Å²) in [4.78, 5) is 0. The topological polar surface area (TPSA) is 41.5 Å². The number of aryl methyl sites for hydroxylation is 1. The van der Waals surface area contributed by atoms with Gasteiger partial charge in [0.25, 0.3) is 0 Å². The molecule has 0 saturated carbocycles. The Morgan fingerprint density at radius 2 is 1.90 bits per heavy atom. The highest BCUT2D eigenvalue weighted by atomic mass is 16.5. The standard InChI is InChI=1S/C17H29NO2/c1-4-5-6-7-15(3)18-12-16(19)13-20-17-10-8-14(2)9-11-17/h8-11,15-16,18-19H,4-7,12-13H2,1-3H3. The van der Waals surface area contributed by atoms with Crippen LogP contribution in [0.2, 0.25) is 0 Å². The van der Waals surface area contributed by atoms with Crippen molar-refractivity contribution in [3.05, 3.63) is 29.8 Å². The van der Waals surface area contributed by atoms with Gasteiger partial charge < -0.3 is 15.2 Å². The summed E-state index contributed by atoms with van der Waals surface area (Å²) in [7, 11) is 0. The summed E-state index contributed by atoms with van der Waals surface area (Å²) >= 11 is 0. The third-order valence-corrected chi connectivity index (χ3v) is 3.41. The molecule has 1 aromatic rings. The molecule has 1 aromatic carbocycles. The van der Waals surface area contributed by atoms with Crippen molar-refractivity contribution < 1.29 is 9.84 Å². The predicted octanol–water partition coefficient (Wildman–Crippen LogP) is 3.29. The van der Waals surface area contributed by atoms with Gasteiger partial charge in [0.15, 0.2) is 0 Å². The minimum Gasteiger partial charge on any atom is -0.491 e. The van der Waals surface area contributed by atoms with Crippen LogP contribution in [-0.4, -0.2) is 30.4 Å². The molecular weight excluding hydrogens is 250 g/mol. The van der Waals surface area contributed by atoms with Gasteiger partial charge in [0.05, 0.1) is 0 Å². The first-order valence-electron chi connectivity index (χ1n) is 7.72. The number of benzene rings is 1. The van der Waals surface area contributed by atoms with Crippen LogP contribution in [0.25, 0.3) is 0 Å². The van der Waals surface area contributed by atoms with Gasteiger partial charge in [-0.05, 0) is 32.4 Å². The molecule has 0 amide bonds. The third-order valence-electron chi connectivity index (χ3n) is 3.41. The summed E-state index contributed by atoms with van der Waals surface area (Å²) in [6, 6.07) is 8.34. The highest BCUT2D eigenvalue weighted by Gasteiger charge is 2.08. The quantitative estimate of drug-likeness (QED) is 0.646. The average Bonchev–Trinajstić information content (AvgIpc) is 2.45. The van der Waals surface area contributed by atoms with Crippen molar-refractivity contribution in [3.8, 4) is 5.75 Å². The van der Waals surface area contributed by atoms with E-state index in [4.69, 9.17) is 4.74 Å². The van der Waals surface area contributed by atoms with E-state index >= 15 is 0 Å². The normalized spacial score (nSPS) is 14.0. The van der Waals surface area contributed by atoms with Crippen molar-refractivity contribution in [2.75, 3.05) is 13.2 Å².